The molecule has 1 aliphatic heterocycles. The van der Waals surface area contributed by atoms with Gasteiger partial charge >= 0.3 is 0 Å². The van der Waals surface area contributed by atoms with Gasteiger partial charge < -0.3 is 9.52 Å². The van der Waals surface area contributed by atoms with Gasteiger partial charge in [0.1, 0.15) is 17.2 Å². The maximum Gasteiger partial charge on any atom is 0.240 e. The summed E-state index contributed by atoms with van der Waals surface area (Å²) in [6.45, 7) is 1.49. The van der Waals surface area contributed by atoms with Crippen LogP contribution in [0.25, 0.3) is 0 Å². The first-order valence-electron chi connectivity index (χ1n) is 6.35. The van der Waals surface area contributed by atoms with E-state index in [4.69, 9.17) is 4.42 Å². The number of carbonyl (C=O) groups is 1. The van der Waals surface area contributed by atoms with Crippen molar-refractivity contribution in [3.8, 4) is 5.75 Å². The van der Waals surface area contributed by atoms with Crippen molar-refractivity contribution in [1.29, 1.82) is 0 Å². The van der Waals surface area contributed by atoms with Crippen molar-refractivity contribution >= 4 is 11.6 Å². The van der Waals surface area contributed by atoms with E-state index in [1.807, 2.05) is 6.07 Å². The molecule has 0 aliphatic carbocycles. The average molecular weight is 270 g/mol. The molecule has 2 heterocycles. The van der Waals surface area contributed by atoms with Gasteiger partial charge in [0.2, 0.25) is 5.91 Å². The molecular formula is C15H14N2O3. The van der Waals surface area contributed by atoms with Gasteiger partial charge in [0.25, 0.3) is 0 Å². The molecule has 0 radical (unpaired) electrons. The Balaban J connectivity index is 1.93. The van der Waals surface area contributed by atoms with Crippen LogP contribution in [0, 0.1) is 0 Å². The van der Waals surface area contributed by atoms with E-state index >= 15 is 0 Å². The van der Waals surface area contributed by atoms with Crippen molar-refractivity contribution in [2.75, 3.05) is 0 Å². The molecule has 2 aromatic rings. The van der Waals surface area contributed by atoms with Gasteiger partial charge in [-0.3, -0.25) is 4.79 Å². The Morgan fingerprint density at radius 1 is 1.35 bits per heavy atom. The Hall–Kier alpha value is -2.56. The zero-order valence-electron chi connectivity index (χ0n) is 11.0. The number of furan rings is 1. The molecule has 1 amide bonds. The molecule has 0 fully saturated rings. The predicted octanol–water partition coefficient (Wildman–Crippen LogP) is 2.68. The molecule has 0 saturated carbocycles. The molecule has 102 valence electrons. The van der Waals surface area contributed by atoms with Crippen LogP contribution >= 0.6 is 0 Å². The van der Waals surface area contributed by atoms with Crippen LogP contribution in [0.2, 0.25) is 0 Å². The van der Waals surface area contributed by atoms with Crippen molar-refractivity contribution in [3.05, 3.63) is 54.0 Å². The van der Waals surface area contributed by atoms with Crippen LogP contribution in [-0.4, -0.2) is 21.7 Å². The lowest BCUT2D eigenvalue weighted by Crippen LogP contribution is -2.24. The van der Waals surface area contributed by atoms with Crippen molar-refractivity contribution in [1.82, 2.24) is 5.01 Å². The first-order chi connectivity index (χ1) is 9.65. The highest BCUT2D eigenvalue weighted by Gasteiger charge is 2.32. The summed E-state index contributed by atoms with van der Waals surface area (Å²) < 4.78 is 5.34. The lowest BCUT2D eigenvalue weighted by Gasteiger charge is -2.20. The molecule has 0 saturated heterocycles. The normalized spacial score (nSPS) is 18.1. The molecule has 1 aliphatic rings. The number of hydrazone groups is 1. The van der Waals surface area contributed by atoms with E-state index in [9.17, 15) is 9.90 Å². The standard InChI is InChI=1S/C15H14N2O3/c1-10(18)17-14(11-4-6-12(19)7-5-11)9-13(16-17)15-3-2-8-20-15/h2-8,14,19H,9H2,1H3. The Labute approximate surface area is 116 Å². The third-order valence-corrected chi connectivity index (χ3v) is 3.32. The summed E-state index contributed by atoms with van der Waals surface area (Å²) in [6.07, 6.45) is 2.18. The molecule has 1 unspecified atom stereocenters. The number of rotatable bonds is 2. The molecule has 20 heavy (non-hydrogen) atoms. The van der Waals surface area contributed by atoms with Crippen molar-refractivity contribution < 1.29 is 14.3 Å². The first-order valence-corrected chi connectivity index (χ1v) is 6.35. The van der Waals surface area contributed by atoms with Crippen LogP contribution in [0.1, 0.15) is 30.7 Å². The number of benzene rings is 1. The number of hydrogen-bond donors (Lipinski definition) is 1. The predicted molar refractivity (Wildman–Crippen MR) is 73.2 cm³/mol. The monoisotopic (exact) mass is 270 g/mol. The number of amides is 1. The molecular weight excluding hydrogens is 256 g/mol. The zero-order valence-corrected chi connectivity index (χ0v) is 11.0. The number of nitrogens with zero attached hydrogens (tertiary/aromatic N) is 2. The Kier molecular flexibility index (Phi) is 3.02. The molecule has 3 rings (SSSR count). The quantitative estimate of drug-likeness (QED) is 0.912. The van der Waals surface area contributed by atoms with E-state index in [1.54, 1.807) is 36.6 Å². The Morgan fingerprint density at radius 3 is 2.70 bits per heavy atom. The highest BCUT2D eigenvalue weighted by molar-refractivity contribution is 6.00. The van der Waals surface area contributed by atoms with Gasteiger partial charge in [-0.05, 0) is 29.8 Å². The fourth-order valence-electron chi connectivity index (χ4n) is 2.35. The molecule has 1 atom stereocenters. The first kappa shape index (κ1) is 12.5. The van der Waals surface area contributed by atoms with Crippen molar-refractivity contribution in [2.24, 2.45) is 5.10 Å². The smallest absolute Gasteiger partial charge is 0.240 e. The largest absolute Gasteiger partial charge is 0.508 e. The molecule has 0 spiro atoms. The van der Waals surface area contributed by atoms with Crippen LogP contribution in [-0.2, 0) is 4.79 Å². The minimum Gasteiger partial charge on any atom is -0.508 e. The van der Waals surface area contributed by atoms with Crippen molar-refractivity contribution in [3.63, 3.8) is 0 Å². The number of phenolic OH excluding ortho intramolecular Hbond substituents is 1. The van der Waals surface area contributed by atoms with Gasteiger partial charge in [-0.15, -0.1) is 0 Å². The van der Waals surface area contributed by atoms with E-state index in [-0.39, 0.29) is 17.7 Å². The highest BCUT2D eigenvalue weighted by atomic mass is 16.3. The lowest BCUT2D eigenvalue weighted by molar-refractivity contribution is -0.130. The van der Waals surface area contributed by atoms with Crippen LogP contribution in [0.4, 0.5) is 0 Å². The molecule has 0 bridgehead atoms. The summed E-state index contributed by atoms with van der Waals surface area (Å²) in [4.78, 5) is 11.8. The fraction of sp³-hybridized carbons (Fsp3) is 0.200. The maximum absolute atomic E-state index is 11.8. The molecule has 1 aromatic carbocycles. The van der Waals surface area contributed by atoms with Crippen LogP contribution in [0.3, 0.4) is 0 Å². The van der Waals surface area contributed by atoms with Gasteiger partial charge in [-0.1, -0.05) is 12.1 Å². The fourth-order valence-corrected chi connectivity index (χ4v) is 2.35. The van der Waals surface area contributed by atoms with Gasteiger partial charge in [-0.2, -0.15) is 5.10 Å². The third kappa shape index (κ3) is 2.18. The Bertz CT molecular complexity index is 644. The minimum atomic E-state index is -0.159. The summed E-state index contributed by atoms with van der Waals surface area (Å²) >= 11 is 0. The number of carbonyl (C=O) groups excluding carboxylic acids is 1. The maximum atomic E-state index is 11.8. The minimum absolute atomic E-state index is 0.121. The second-order valence-corrected chi connectivity index (χ2v) is 4.70. The van der Waals surface area contributed by atoms with Crippen LogP contribution in [0.15, 0.2) is 52.2 Å². The SMILES string of the molecule is CC(=O)N1N=C(c2ccco2)CC1c1ccc(O)cc1. The van der Waals surface area contributed by atoms with Gasteiger partial charge in [0, 0.05) is 13.3 Å². The van der Waals surface area contributed by atoms with E-state index in [2.05, 4.69) is 5.10 Å². The topological polar surface area (TPSA) is 66.0 Å². The van der Waals surface area contributed by atoms with E-state index in [0.29, 0.717) is 12.2 Å². The van der Waals surface area contributed by atoms with E-state index in [0.717, 1.165) is 11.3 Å². The lowest BCUT2D eigenvalue weighted by atomic mass is 10.0. The van der Waals surface area contributed by atoms with Crippen LogP contribution < -0.4 is 0 Å². The molecule has 5 nitrogen and oxygen atoms in total. The van der Waals surface area contributed by atoms with Gasteiger partial charge in [0.05, 0.1) is 12.3 Å². The molecule has 1 N–H and O–H groups in total. The average Bonchev–Trinajstić information content (AvgIpc) is 3.08. The third-order valence-electron chi connectivity index (χ3n) is 3.32. The number of hydrogen-bond acceptors (Lipinski definition) is 4. The second kappa shape index (κ2) is 4.85. The van der Waals surface area contributed by atoms with E-state index < -0.39 is 0 Å². The number of aromatic hydroxyl groups is 1. The summed E-state index contributed by atoms with van der Waals surface area (Å²) in [5, 5.41) is 15.2. The number of phenols is 1. The van der Waals surface area contributed by atoms with Gasteiger partial charge in [-0.25, -0.2) is 5.01 Å². The molecule has 1 aromatic heterocycles. The van der Waals surface area contributed by atoms with E-state index in [1.165, 1.54) is 11.9 Å². The summed E-state index contributed by atoms with van der Waals surface area (Å²) in [5.74, 6) is 0.760. The second-order valence-electron chi connectivity index (χ2n) is 4.70. The summed E-state index contributed by atoms with van der Waals surface area (Å²) in [7, 11) is 0. The summed E-state index contributed by atoms with van der Waals surface area (Å²) in [6, 6.07) is 10.3. The van der Waals surface area contributed by atoms with Crippen molar-refractivity contribution in [2.45, 2.75) is 19.4 Å². The summed E-state index contributed by atoms with van der Waals surface area (Å²) in [5.41, 5.74) is 1.69. The van der Waals surface area contributed by atoms with Gasteiger partial charge in [0.15, 0.2) is 0 Å². The highest BCUT2D eigenvalue weighted by Crippen LogP contribution is 2.33. The molecule has 5 heteroatoms. The zero-order chi connectivity index (χ0) is 14.1. The van der Waals surface area contributed by atoms with Crippen LogP contribution in [0.5, 0.6) is 5.75 Å². The Morgan fingerprint density at radius 2 is 2.10 bits per heavy atom.